The molecular formula is C16H27N3O. The number of carbonyl (C=O) groups is 1. The molecule has 0 radical (unpaired) electrons. The summed E-state index contributed by atoms with van der Waals surface area (Å²) < 4.78 is 0. The summed E-state index contributed by atoms with van der Waals surface area (Å²) in [4.78, 5) is 14.1. The normalized spacial score (nSPS) is 12.3. The lowest BCUT2D eigenvalue weighted by molar-refractivity contribution is 0.0937. The maximum absolute atomic E-state index is 12.2. The molecule has 0 fully saturated rings. The highest BCUT2D eigenvalue weighted by molar-refractivity contribution is 5.96. The van der Waals surface area contributed by atoms with Gasteiger partial charge in [0, 0.05) is 25.7 Å². The van der Waals surface area contributed by atoms with E-state index >= 15 is 0 Å². The Balaban J connectivity index is 2.66. The molecule has 1 aromatic rings. The molecular weight excluding hydrogens is 250 g/mol. The van der Waals surface area contributed by atoms with Crippen LogP contribution in [0, 0.1) is 5.92 Å². The number of carbonyl (C=O) groups excluding carboxylic acids is 1. The molecule has 1 rings (SSSR count). The average Bonchev–Trinajstić information content (AvgIpc) is 2.35. The third-order valence-electron chi connectivity index (χ3n) is 3.33. The Kier molecular flexibility index (Phi) is 5.86. The standard InChI is InChI=1S/C16H27N3O/c1-11(2)6-7-12(3)18-16(20)13-8-9-15(19(4)5)14(17)10-13/h8-12H,6-7,17H2,1-5H3,(H,18,20). The van der Waals surface area contributed by atoms with Gasteiger partial charge in [0.25, 0.3) is 5.91 Å². The van der Waals surface area contributed by atoms with Crippen LogP contribution in [0.25, 0.3) is 0 Å². The fourth-order valence-corrected chi connectivity index (χ4v) is 2.07. The van der Waals surface area contributed by atoms with Crippen molar-refractivity contribution in [2.24, 2.45) is 5.92 Å². The van der Waals surface area contributed by atoms with Gasteiger partial charge in [0.2, 0.25) is 0 Å². The molecule has 0 saturated carbocycles. The number of benzene rings is 1. The summed E-state index contributed by atoms with van der Waals surface area (Å²) in [6, 6.07) is 5.61. The summed E-state index contributed by atoms with van der Waals surface area (Å²) in [6.07, 6.45) is 2.11. The predicted molar refractivity (Wildman–Crippen MR) is 86.2 cm³/mol. The van der Waals surface area contributed by atoms with E-state index in [-0.39, 0.29) is 11.9 Å². The quantitative estimate of drug-likeness (QED) is 0.786. The molecule has 0 spiro atoms. The monoisotopic (exact) mass is 277 g/mol. The van der Waals surface area contributed by atoms with Gasteiger partial charge in [-0.15, -0.1) is 0 Å². The molecule has 1 atom stereocenters. The van der Waals surface area contributed by atoms with E-state index in [1.54, 1.807) is 6.07 Å². The molecule has 0 aliphatic rings. The second-order valence-corrected chi connectivity index (χ2v) is 6.01. The predicted octanol–water partition coefficient (Wildman–Crippen LogP) is 2.89. The lowest BCUT2D eigenvalue weighted by Crippen LogP contribution is -2.32. The van der Waals surface area contributed by atoms with E-state index in [2.05, 4.69) is 19.2 Å². The minimum absolute atomic E-state index is 0.0572. The Morgan fingerprint density at radius 1 is 1.25 bits per heavy atom. The molecule has 3 N–H and O–H groups in total. The topological polar surface area (TPSA) is 58.4 Å². The highest BCUT2D eigenvalue weighted by Crippen LogP contribution is 2.22. The number of nitrogens with two attached hydrogens (primary N) is 1. The summed E-state index contributed by atoms with van der Waals surface area (Å²) in [6.45, 7) is 6.42. The van der Waals surface area contributed by atoms with Gasteiger partial charge in [0.05, 0.1) is 11.4 Å². The summed E-state index contributed by atoms with van der Waals surface area (Å²) in [7, 11) is 3.86. The number of anilines is 2. The molecule has 0 aromatic heterocycles. The highest BCUT2D eigenvalue weighted by Gasteiger charge is 2.12. The van der Waals surface area contributed by atoms with Crippen molar-refractivity contribution in [1.82, 2.24) is 5.32 Å². The molecule has 1 aromatic carbocycles. The number of nitrogen functional groups attached to an aromatic ring is 1. The maximum atomic E-state index is 12.2. The van der Waals surface area contributed by atoms with Crippen LogP contribution in [-0.4, -0.2) is 26.0 Å². The van der Waals surface area contributed by atoms with Gasteiger partial charge in [0.15, 0.2) is 0 Å². The van der Waals surface area contributed by atoms with Gasteiger partial charge >= 0.3 is 0 Å². The Labute approximate surface area is 122 Å². The highest BCUT2D eigenvalue weighted by atomic mass is 16.1. The van der Waals surface area contributed by atoms with Crippen molar-refractivity contribution in [1.29, 1.82) is 0 Å². The number of nitrogens with zero attached hydrogens (tertiary/aromatic N) is 1. The van der Waals surface area contributed by atoms with Crippen molar-refractivity contribution in [3.8, 4) is 0 Å². The van der Waals surface area contributed by atoms with Gasteiger partial charge in [-0.3, -0.25) is 4.79 Å². The van der Waals surface area contributed by atoms with Crippen molar-refractivity contribution in [3.05, 3.63) is 23.8 Å². The van der Waals surface area contributed by atoms with Crippen LogP contribution in [0.1, 0.15) is 44.0 Å². The molecule has 1 unspecified atom stereocenters. The van der Waals surface area contributed by atoms with Crippen molar-refractivity contribution in [2.45, 2.75) is 39.7 Å². The molecule has 0 aliphatic heterocycles. The molecule has 0 bridgehead atoms. The Morgan fingerprint density at radius 2 is 1.90 bits per heavy atom. The molecule has 0 aliphatic carbocycles. The van der Waals surface area contributed by atoms with Crippen LogP contribution >= 0.6 is 0 Å². The van der Waals surface area contributed by atoms with Gasteiger partial charge in [-0.05, 0) is 43.9 Å². The minimum atomic E-state index is -0.0572. The van der Waals surface area contributed by atoms with E-state index in [1.165, 1.54) is 0 Å². The molecule has 4 heteroatoms. The third-order valence-corrected chi connectivity index (χ3v) is 3.33. The number of amides is 1. The summed E-state index contributed by atoms with van der Waals surface area (Å²) in [5, 5.41) is 3.02. The summed E-state index contributed by atoms with van der Waals surface area (Å²) >= 11 is 0. The molecule has 20 heavy (non-hydrogen) atoms. The van der Waals surface area contributed by atoms with E-state index in [1.807, 2.05) is 38.1 Å². The van der Waals surface area contributed by atoms with E-state index in [0.29, 0.717) is 17.2 Å². The first-order valence-electron chi connectivity index (χ1n) is 7.19. The zero-order chi connectivity index (χ0) is 15.3. The van der Waals surface area contributed by atoms with Crippen LogP contribution in [0.15, 0.2) is 18.2 Å². The van der Waals surface area contributed by atoms with Crippen LogP contribution < -0.4 is 16.0 Å². The van der Waals surface area contributed by atoms with Crippen molar-refractivity contribution in [3.63, 3.8) is 0 Å². The zero-order valence-electron chi connectivity index (χ0n) is 13.2. The van der Waals surface area contributed by atoms with Gasteiger partial charge in [0.1, 0.15) is 0 Å². The summed E-state index contributed by atoms with van der Waals surface area (Å²) in [5.74, 6) is 0.600. The number of rotatable bonds is 6. The number of hydrogen-bond donors (Lipinski definition) is 2. The van der Waals surface area contributed by atoms with Crippen LogP contribution in [0.3, 0.4) is 0 Å². The van der Waals surface area contributed by atoms with E-state index in [0.717, 1.165) is 18.5 Å². The largest absolute Gasteiger partial charge is 0.397 e. The SMILES string of the molecule is CC(C)CCC(C)NC(=O)c1ccc(N(C)C)c(N)c1. The fourth-order valence-electron chi connectivity index (χ4n) is 2.07. The minimum Gasteiger partial charge on any atom is -0.397 e. The van der Waals surface area contributed by atoms with Gasteiger partial charge in [-0.25, -0.2) is 0 Å². The lowest BCUT2D eigenvalue weighted by atomic mass is 10.0. The van der Waals surface area contributed by atoms with Crippen LogP contribution in [0.5, 0.6) is 0 Å². The van der Waals surface area contributed by atoms with E-state index < -0.39 is 0 Å². The lowest BCUT2D eigenvalue weighted by Gasteiger charge is -2.18. The van der Waals surface area contributed by atoms with E-state index in [4.69, 9.17) is 5.73 Å². The van der Waals surface area contributed by atoms with Crippen LogP contribution in [0.4, 0.5) is 11.4 Å². The fraction of sp³-hybridized carbons (Fsp3) is 0.562. The molecule has 112 valence electrons. The van der Waals surface area contributed by atoms with Crippen molar-refractivity contribution in [2.75, 3.05) is 24.7 Å². The number of hydrogen-bond acceptors (Lipinski definition) is 3. The molecule has 1 amide bonds. The first-order chi connectivity index (χ1) is 9.31. The average molecular weight is 277 g/mol. The Morgan fingerprint density at radius 3 is 2.40 bits per heavy atom. The van der Waals surface area contributed by atoms with Crippen LogP contribution in [-0.2, 0) is 0 Å². The first kappa shape index (κ1) is 16.3. The van der Waals surface area contributed by atoms with Gasteiger partial charge in [-0.1, -0.05) is 13.8 Å². The van der Waals surface area contributed by atoms with Gasteiger partial charge in [-0.2, -0.15) is 0 Å². The van der Waals surface area contributed by atoms with Crippen molar-refractivity contribution < 1.29 is 4.79 Å². The summed E-state index contributed by atoms with van der Waals surface area (Å²) in [5.41, 5.74) is 8.13. The van der Waals surface area contributed by atoms with Crippen molar-refractivity contribution >= 4 is 17.3 Å². The van der Waals surface area contributed by atoms with Crippen LogP contribution in [0.2, 0.25) is 0 Å². The first-order valence-corrected chi connectivity index (χ1v) is 7.19. The number of nitrogens with one attached hydrogen (secondary N) is 1. The zero-order valence-corrected chi connectivity index (χ0v) is 13.2. The molecule has 4 nitrogen and oxygen atoms in total. The van der Waals surface area contributed by atoms with E-state index in [9.17, 15) is 4.79 Å². The second-order valence-electron chi connectivity index (χ2n) is 6.01. The Bertz CT molecular complexity index is 455. The molecule has 0 saturated heterocycles. The smallest absolute Gasteiger partial charge is 0.251 e. The maximum Gasteiger partial charge on any atom is 0.251 e. The van der Waals surface area contributed by atoms with Gasteiger partial charge < -0.3 is 16.0 Å². The Hall–Kier alpha value is -1.71. The third kappa shape index (κ3) is 4.76. The second kappa shape index (κ2) is 7.17. The molecule has 0 heterocycles.